The number of hydrogen-bond acceptors (Lipinski definition) is 3. The van der Waals surface area contributed by atoms with E-state index in [4.69, 9.17) is 4.74 Å². The number of rotatable bonds is 6. The predicted octanol–water partition coefficient (Wildman–Crippen LogP) is 2.67. The van der Waals surface area contributed by atoms with Crippen LogP contribution >= 0.6 is 0 Å². The van der Waals surface area contributed by atoms with Crippen molar-refractivity contribution in [2.45, 2.75) is 26.5 Å². The van der Waals surface area contributed by atoms with E-state index in [2.05, 4.69) is 36.3 Å². The van der Waals surface area contributed by atoms with Crippen LogP contribution < -0.4 is 10.1 Å². The Bertz CT molecular complexity index is 504. The van der Waals surface area contributed by atoms with E-state index in [9.17, 15) is 0 Å². The standard InChI is InChI=1S/C15H21N3O/c1-4-16-12(2)13-5-7-14(8-6-13)19-11-15-17-9-10-18(15)3/h5-10,12,16H,4,11H2,1-3H3. The van der Waals surface area contributed by atoms with Gasteiger partial charge < -0.3 is 14.6 Å². The maximum absolute atomic E-state index is 5.72. The zero-order valence-electron chi connectivity index (χ0n) is 11.8. The first kappa shape index (κ1) is 13.6. The summed E-state index contributed by atoms with van der Waals surface area (Å²) in [6.07, 6.45) is 3.69. The van der Waals surface area contributed by atoms with E-state index in [0.717, 1.165) is 18.1 Å². The van der Waals surface area contributed by atoms with Crippen LogP contribution in [0.5, 0.6) is 5.75 Å². The molecule has 1 aromatic carbocycles. The predicted molar refractivity (Wildman–Crippen MR) is 76.1 cm³/mol. The average Bonchev–Trinajstić information content (AvgIpc) is 2.83. The Morgan fingerprint density at radius 2 is 2.05 bits per heavy atom. The smallest absolute Gasteiger partial charge is 0.146 e. The van der Waals surface area contributed by atoms with Gasteiger partial charge in [0.1, 0.15) is 18.2 Å². The van der Waals surface area contributed by atoms with Crippen molar-refractivity contribution in [2.75, 3.05) is 6.54 Å². The third-order valence-electron chi connectivity index (χ3n) is 3.18. The Balaban J connectivity index is 1.93. The van der Waals surface area contributed by atoms with E-state index in [1.807, 2.05) is 29.9 Å². The lowest BCUT2D eigenvalue weighted by molar-refractivity contribution is 0.291. The highest BCUT2D eigenvalue weighted by Crippen LogP contribution is 2.18. The first-order valence-electron chi connectivity index (χ1n) is 6.63. The van der Waals surface area contributed by atoms with Crippen molar-refractivity contribution < 1.29 is 4.74 Å². The first-order chi connectivity index (χ1) is 9.20. The minimum absolute atomic E-state index is 0.369. The third-order valence-corrected chi connectivity index (χ3v) is 3.18. The minimum Gasteiger partial charge on any atom is -0.486 e. The zero-order valence-corrected chi connectivity index (χ0v) is 11.8. The molecule has 19 heavy (non-hydrogen) atoms. The lowest BCUT2D eigenvalue weighted by Gasteiger charge is -2.13. The number of aromatic nitrogens is 2. The van der Waals surface area contributed by atoms with Crippen LogP contribution in [0.3, 0.4) is 0 Å². The molecule has 0 saturated carbocycles. The molecule has 4 heteroatoms. The van der Waals surface area contributed by atoms with Crippen LogP contribution in [0.1, 0.15) is 31.3 Å². The fourth-order valence-corrected chi connectivity index (χ4v) is 1.96. The molecule has 4 nitrogen and oxygen atoms in total. The molecule has 102 valence electrons. The molecule has 2 rings (SSSR count). The first-order valence-corrected chi connectivity index (χ1v) is 6.63. The van der Waals surface area contributed by atoms with Gasteiger partial charge in [0, 0.05) is 25.5 Å². The van der Waals surface area contributed by atoms with E-state index in [1.54, 1.807) is 6.20 Å². The Morgan fingerprint density at radius 3 is 2.63 bits per heavy atom. The van der Waals surface area contributed by atoms with Gasteiger partial charge in [0.15, 0.2) is 0 Å². The van der Waals surface area contributed by atoms with Crippen molar-refractivity contribution in [3.63, 3.8) is 0 Å². The SMILES string of the molecule is CCNC(C)c1ccc(OCc2nccn2C)cc1. The molecule has 0 amide bonds. The number of benzene rings is 1. The normalized spacial score (nSPS) is 12.4. The molecule has 1 aromatic heterocycles. The summed E-state index contributed by atoms with van der Waals surface area (Å²) in [5.74, 6) is 1.79. The summed E-state index contributed by atoms with van der Waals surface area (Å²) in [5, 5.41) is 3.39. The van der Waals surface area contributed by atoms with Gasteiger partial charge in [0.2, 0.25) is 0 Å². The fourth-order valence-electron chi connectivity index (χ4n) is 1.96. The molecule has 0 aliphatic rings. The van der Waals surface area contributed by atoms with Crippen molar-refractivity contribution >= 4 is 0 Å². The fraction of sp³-hybridized carbons (Fsp3) is 0.400. The average molecular weight is 259 g/mol. The van der Waals surface area contributed by atoms with Gasteiger partial charge in [-0.25, -0.2) is 4.98 Å². The van der Waals surface area contributed by atoms with Crippen LogP contribution in [-0.4, -0.2) is 16.1 Å². The van der Waals surface area contributed by atoms with Crippen molar-refractivity contribution in [1.82, 2.24) is 14.9 Å². The molecule has 1 unspecified atom stereocenters. The lowest BCUT2D eigenvalue weighted by Crippen LogP contribution is -2.17. The Hall–Kier alpha value is -1.81. The van der Waals surface area contributed by atoms with Gasteiger partial charge in [0.25, 0.3) is 0 Å². The molecule has 0 spiro atoms. The van der Waals surface area contributed by atoms with Crippen molar-refractivity contribution in [3.8, 4) is 5.75 Å². The summed E-state index contributed by atoms with van der Waals surface area (Å²) in [6, 6.07) is 8.58. The molecule has 0 fully saturated rings. The van der Waals surface area contributed by atoms with Gasteiger partial charge in [-0.15, -0.1) is 0 Å². The number of nitrogens with zero attached hydrogens (tertiary/aromatic N) is 2. The molecule has 1 heterocycles. The highest BCUT2D eigenvalue weighted by molar-refractivity contribution is 5.29. The molecule has 0 saturated heterocycles. The molecule has 0 bridgehead atoms. The van der Waals surface area contributed by atoms with Gasteiger partial charge in [0.05, 0.1) is 0 Å². The molecular weight excluding hydrogens is 238 g/mol. The minimum atomic E-state index is 0.369. The van der Waals surface area contributed by atoms with E-state index in [-0.39, 0.29) is 0 Å². The van der Waals surface area contributed by atoms with Crippen molar-refractivity contribution in [3.05, 3.63) is 48.0 Å². The molecular formula is C15H21N3O. The monoisotopic (exact) mass is 259 g/mol. The number of aryl methyl sites for hydroxylation is 1. The Morgan fingerprint density at radius 1 is 1.32 bits per heavy atom. The maximum Gasteiger partial charge on any atom is 0.146 e. The molecule has 0 aliphatic carbocycles. The summed E-state index contributed by atoms with van der Waals surface area (Å²) in [5.41, 5.74) is 1.27. The molecule has 0 radical (unpaired) electrons. The summed E-state index contributed by atoms with van der Waals surface area (Å²) >= 11 is 0. The van der Waals surface area contributed by atoms with Crippen LogP contribution in [-0.2, 0) is 13.7 Å². The van der Waals surface area contributed by atoms with Gasteiger partial charge in [-0.2, -0.15) is 0 Å². The maximum atomic E-state index is 5.72. The number of nitrogens with one attached hydrogen (secondary N) is 1. The summed E-state index contributed by atoms with van der Waals surface area (Å²) in [7, 11) is 1.97. The molecule has 1 N–H and O–H groups in total. The highest BCUT2D eigenvalue weighted by Gasteiger charge is 2.04. The zero-order chi connectivity index (χ0) is 13.7. The van der Waals surface area contributed by atoms with Crippen LogP contribution in [0.25, 0.3) is 0 Å². The van der Waals surface area contributed by atoms with Crippen LogP contribution in [0, 0.1) is 0 Å². The summed E-state index contributed by atoms with van der Waals surface area (Å²) < 4.78 is 7.68. The molecule has 2 aromatic rings. The summed E-state index contributed by atoms with van der Waals surface area (Å²) in [4.78, 5) is 4.23. The second kappa shape index (κ2) is 6.38. The van der Waals surface area contributed by atoms with Gasteiger partial charge in [-0.1, -0.05) is 19.1 Å². The second-order valence-corrected chi connectivity index (χ2v) is 4.59. The largest absolute Gasteiger partial charge is 0.486 e. The number of hydrogen-bond donors (Lipinski definition) is 1. The van der Waals surface area contributed by atoms with Crippen LogP contribution in [0.4, 0.5) is 0 Å². The Kier molecular flexibility index (Phi) is 4.58. The lowest BCUT2D eigenvalue weighted by atomic mass is 10.1. The van der Waals surface area contributed by atoms with Crippen LogP contribution in [0.15, 0.2) is 36.7 Å². The van der Waals surface area contributed by atoms with E-state index < -0.39 is 0 Å². The van der Waals surface area contributed by atoms with E-state index in [0.29, 0.717) is 12.6 Å². The summed E-state index contributed by atoms with van der Waals surface area (Å²) in [6.45, 7) is 5.73. The quantitative estimate of drug-likeness (QED) is 0.867. The number of imidazole rings is 1. The van der Waals surface area contributed by atoms with E-state index >= 15 is 0 Å². The van der Waals surface area contributed by atoms with Crippen LogP contribution in [0.2, 0.25) is 0 Å². The molecule has 0 aliphatic heterocycles. The highest BCUT2D eigenvalue weighted by atomic mass is 16.5. The van der Waals surface area contributed by atoms with Gasteiger partial charge >= 0.3 is 0 Å². The van der Waals surface area contributed by atoms with Crippen molar-refractivity contribution in [1.29, 1.82) is 0 Å². The Labute approximate surface area is 114 Å². The van der Waals surface area contributed by atoms with Crippen molar-refractivity contribution in [2.24, 2.45) is 7.05 Å². The number of ether oxygens (including phenoxy) is 1. The third kappa shape index (κ3) is 3.58. The van der Waals surface area contributed by atoms with E-state index in [1.165, 1.54) is 5.56 Å². The second-order valence-electron chi connectivity index (χ2n) is 4.59. The van der Waals surface area contributed by atoms with Gasteiger partial charge in [-0.3, -0.25) is 0 Å². The van der Waals surface area contributed by atoms with Gasteiger partial charge in [-0.05, 0) is 31.2 Å². The topological polar surface area (TPSA) is 39.1 Å². The molecule has 1 atom stereocenters.